The van der Waals surface area contributed by atoms with Crippen molar-refractivity contribution in [2.75, 3.05) is 46.4 Å². The Bertz CT molecular complexity index is 866. The topological polar surface area (TPSA) is 127 Å². The van der Waals surface area contributed by atoms with Gasteiger partial charge in [0, 0.05) is 40.2 Å². The Morgan fingerprint density at radius 1 is 1.30 bits per heavy atom. The highest BCUT2D eigenvalue weighted by Gasteiger charge is 2.30. The molecule has 168 valence electrons. The Labute approximate surface area is 178 Å². The van der Waals surface area contributed by atoms with Crippen LogP contribution in [-0.4, -0.2) is 86.9 Å². The Balaban J connectivity index is 2.41. The Morgan fingerprint density at radius 3 is 2.50 bits per heavy atom. The minimum absolute atomic E-state index is 0.0173. The van der Waals surface area contributed by atoms with Crippen LogP contribution in [0.5, 0.6) is 5.88 Å². The van der Waals surface area contributed by atoms with E-state index >= 15 is 0 Å². The number of aromatic nitrogens is 1. The Hall–Kier alpha value is -2.08. The third kappa shape index (κ3) is 5.97. The van der Waals surface area contributed by atoms with Gasteiger partial charge in [0.05, 0.1) is 18.4 Å². The number of methoxy groups -OCH3 is 1. The van der Waals surface area contributed by atoms with Gasteiger partial charge in [-0.15, -0.1) is 0 Å². The summed E-state index contributed by atoms with van der Waals surface area (Å²) in [6.45, 7) is 8.55. The van der Waals surface area contributed by atoms with Gasteiger partial charge in [-0.05, 0) is 19.0 Å². The van der Waals surface area contributed by atoms with E-state index in [1.165, 1.54) is 23.5 Å². The number of sulfonamides is 1. The second-order valence-corrected chi connectivity index (χ2v) is 8.92. The number of likely N-dealkylation sites (N-methyl/N-ethyl adjacent to an activating group) is 1. The molecule has 0 radical (unpaired) electrons. The number of amides is 1. The number of carbonyl (C=O) groups excluding carboxylic acids is 1. The molecule has 0 aliphatic carbocycles. The third-order valence-electron chi connectivity index (χ3n) is 4.88. The number of hydrogen-bond acceptors (Lipinski definition) is 7. The van der Waals surface area contributed by atoms with Gasteiger partial charge in [-0.2, -0.15) is 9.30 Å². The lowest BCUT2D eigenvalue weighted by Gasteiger charge is -2.33. The molecule has 1 aliphatic rings. The number of amidine groups is 1. The van der Waals surface area contributed by atoms with E-state index in [4.69, 9.17) is 15.2 Å². The summed E-state index contributed by atoms with van der Waals surface area (Å²) >= 11 is 0. The van der Waals surface area contributed by atoms with E-state index in [0.717, 1.165) is 6.54 Å². The highest BCUT2D eigenvalue weighted by molar-refractivity contribution is 7.89. The van der Waals surface area contributed by atoms with Crippen LogP contribution in [0.15, 0.2) is 22.2 Å². The van der Waals surface area contributed by atoms with Gasteiger partial charge in [-0.3, -0.25) is 4.79 Å². The molecule has 1 unspecified atom stereocenters. The first-order valence-electron chi connectivity index (χ1n) is 9.96. The van der Waals surface area contributed by atoms with Crippen LogP contribution >= 0.6 is 0 Å². The molecule has 2 rings (SSSR count). The van der Waals surface area contributed by atoms with Crippen molar-refractivity contribution in [1.82, 2.24) is 14.2 Å². The fourth-order valence-electron chi connectivity index (χ4n) is 3.10. The zero-order chi connectivity index (χ0) is 22.3. The van der Waals surface area contributed by atoms with Gasteiger partial charge in [-0.25, -0.2) is 13.4 Å². The summed E-state index contributed by atoms with van der Waals surface area (Å²) in [5.74, 6) is -0.549. The average molecular weight is 442 g/mol. The molecule has 0 aromatic carbocycles. The first-order valence-corrected chi connectivity index (χ1v) is 11.4. The molecule has 2 N–H and O–H groups in total. The van der Waals surface area contributed by atoms with Gasteiger partial charge in [0.2, 0.25) is 21.8 Å². The number of ether oxygens (including phenoxy) is 2. The summed E-state index contributed by atoms with van der Waals surface area (Å²) < 4.78 is 38.7. The number of hydrogen-bond donors (Lipinski definition) is 1. The Morgan fingerprint density at radius 2 is 1.97 bits per heavy atom. The zero-order valence-electron chi connectivity index (χ0n) is 18.0. The normalized spacial score (nSPS) is 17.7. The van der Waals surface area contributed by atoms with Crippen molar-refractivity contribution in [3.63, 3.8) is 0 Å². The Kier molecular flexibility index (Phi) is 8.71. The van der Waals surface area contributed by atoms with Gasteiger partial charge in [0.15, 0.2) is 0 Å². The summed E-state index contributed by atoms with van der Waals surface area (Å²) in [6.07, 6.45) is 1.58. The molecule has 30 heavy (non-hydrogen) atoms. The van der Waals surface area contributed by atoms with Crippen LogP contribution in [0.3, 0.4) is 0 Å². The number of pyridine rings is 1. The van der Waals surface area contributed by atoms with Crippen molar-refractivity contribution < 1.29 is 22.7 Å². The van der Waals surface area contributed by atoms with E-state index in [2.05, 4.69) is 14.9 Å². The van der Waals surface area contributed by atoms with Crippen molar-refractivity contribution in [3.8, 4) is 5.88 Å². The zero-order valence-corrected chi connectivity index (χ0v) is 18.8. The predicted molar refractivity (Wildman–Crippen MR) is 113 cm³/mol. The van der Waals surface area contributed by atoms with Gasteiger partial charge < -0.3 is 20.1 Å². The first kappa shape index (κ1) is 24.2. The highest BCUT2D eigenvalue weighted by Crippen LogP contribution is 2.24. The number of aliphatic imine (C=N–C) groups is 1. The fraction of sp³-hybridized carbons (Fsp3) is 0.632. The minimum atomic E-state index is -3.77. The quantitative estimate of drug-likeness (QED) is 0.433. The van der Waals surface area contributed by atoms with E-state index in [0.29, 0.717) is 39.2 Å². The fourth-order valence-corrected chi connectivity index (χ4v) is 4.49. The summed E-state index contributed by atoms with van der Waals surface area (Å²) in [7, 11) is -2.22. The third-order valence-corrected chi connectivity index (χ3v) is 6.75. The maximum atomic E-state index is 13.1. The van der Waals surface area contributed by atoms with E-state index < -0.39 is 15.9 Å². The predicted octanol–water partition coefficient (Wildman–Crippen LogP) is 0.463. The molecule has 1 fully saturated rings. The molecule has 10 nitrogen and oxygen atoms in total. The summed E-state index contributed by atoms with van der Waals surface area (Å²) in [6, 6.07) is 1.37. The SMILES string of the molecule is CCC(COC)Oc1ncc(S(=O)(=O)N2CCN(CC)CC2)cc1C(N)=NC(C)=O. The summed E-state index contributed by atoms with van der Waals surface area (Å²) in [4.78, 5) is 21.5. The number of nitrogens with zero attached hydrogens (tertiary/aromatic N) is 4. The smallest absolute Gasteiger partial charge is 0.244 e. The van der Waals surface area contributed by atoms with Crippen molar-refractivity contribution in [3.05, 3.63) is 17.8 Å². The monoisotopic (exact) mass is 441 g/mol. The van der Waals surface area contributed by atoms with Crippen LogP contribution in [0, 0.1) is 0 Å². The van der Waals surface area contributed by atoms with Crippen LogP contribution in [0.25, 0.3) is 0 Å². The van der Waals surface area contributed by atoms with Gasteiger partial charge in [-0.1, -0.05) is 13.8 Å². The molecule has 1 aromatic heterocycles. The van der Waals surface area contributed by atoms with Crippen LogP contribution in [0.1, 0.15) is 32.8 Å². The molecular formula is C19H31N5O5S. The first-order chi connectivity index (χ1) is 14.2. The van der Waals surface area contributed by atoms with Crippen molar-refractivity contribution in [2.45, 2.75) is 38.2 Å². The highest BCUT2D eigenvalue weighted by atomic mass is 32.2. The minimum Gasteiger partial charge on any atom is -0.471 e. The number of carbonyl (C=O) groups is 1. The van der Waals surface area contributed by atoms with Crippen LogP contribution in [0.4, 0.5) is 0 Å². The largest absolute Gasteiger partial charge is 0.471 e. The van der Waals surface area contributed by atoms with Crippen LogP contribution in [-0.2, 0) is 19.6 Å². The lowest BCUT2D eigenvalue weighted by molar-refractivity contribution is -0.115. The van der Waals surface area contributed by atoms with E-state index in [1.54, 1.807) is 7.11 Å². The van der Waals surface area contributed by atoms with Crippen molar-refractivity contribution in [2.24, 2.45) is 10.7 Å². The van der Waals surface area contributed by atoms with Crippen molar-refractivity contribution in [1.29, 1.82) is 0 Å². The molecule has 1 saturated heterocycles. The standard InChI is InChI=1S/C19H31N5O5S/c1-5-15(13-28-4)29-19-17(18(20)22-14(3)25)11-16(12-21-19)30(26,27)24-9-7-23(6-2)8-10-24/h11-12,15H,5-10,13H2,1-4H3,(H2,20,22,25). The molecule has 0 saturated carbocycles. The second kappa shape index (κ2) is 10.8. The summed E-state index contributed by atoms with van der Waals surface area (Å²) in [5.41, 5.74) is 6.14. The molecule has 11 heteroatoms. The molecular weight excluding hydrogens is 410 g/mol. The van der Waals surface area contributed by atoms with Gasteiger partial charge in [0.25, 0.3) is 0 Å². The number of rotatable bonds is 9. The lowest BCUT2D eigenvalue weighted by Crippen LogP contribution is -2.48. The van der Waals surface area contributed by atoms with Crippen LogP contribution < -0.4 is 10.5 Å². The molecule has 0 bridgehead atoms. The molecule has 0 spiro atoms. The molecule has 1 amide bonds. The number of nitrogens with two attached hydrogens (primary N) is 1. The molecule has 1 atom stereocenters. The number of piperazine rings is 1. The second-order valence-electron chi connectivity index (χ2n) is 6.98. The average Bonchev–Trinajstić information content (AvgIpc) is 2.72. The summed E-state index contributed by atoms with van der Waals surface area (Å²) in [5, 5.41) is 0. The molecule has 1 aliphatic heterocycles. The maximum absolute atomic E-state index is 13.1. The lowest BCUT2D eigenvalue weighted by atomic mass is 10.2. The molecule has 2 heterocycles. The van der Waals surface area contributed by atoms with Gasteiger partial charge in [0.1, 0.15) is 16.8 Å². The van der Waals surface area contributed by atoms with Crippen LogP contribution in [0.2, 0.25) is 0 Å². The van der Waals surface area contributed by atoms with E-state index in [1.807, 2.05) is 13.8 Å². The van der Waals surface area contributed by atoms with Crippen molar-refractivity contribution >= 4 is 21.8 Å². The maximum Gasteiger partial charge on any atom is 0.244 e. The molecule has 1 aromatic rings. The van der Waals surface area contributed by atoms with E-state index in [9.17, 15) is 13.2 Å². The van der Waals surface area contributed by atoms with E-state index in [-0.39, 0.29) is 28.3 Å². The van der Waals surface area contributed by atoms with Gasteiger partial charge >= 0.3 is 0 Å².